The minimum absolute atomic E-state index is 0.103. The van der Waals surface area contributed by atoms with Gasteiger partial charge in [0, 0.05) is 16.6 Å². The van der Waals surface area contributed by atoms with Crippen LogP contribution in [0.2, 0.25) is 0 Å². The van der Waals surface area contributed by atoms with Crippen LogP contribution >= 0.6 is 15.9 Å². The van der Waals surface area contributed by atoms with Crippen molar-refractivity contribution in [3.8, 4) is 5.75 Å². The number of carbonyl (C=O) groups excluding carboxylic acids is 1. The lowest BCUT2D eigenvalue weighted by molar-refractivity contribution is -0.123. The van der Waals surface area contributed by atoms with Gasteiger partial charge in [0.2, 0.25) is 5.91 Å². The van der Waals surface area contributed by atoms with Crippen LogP contribution in [-0.4, -0.2) is 12.5 Å². The summed E-state index contributed by atoms with van der Waals surface area (Å²) in [5, 5.41) is 3.08. The summed E-state index contributed by atoms with van der Waals surface area (Å²) >= 11 is 3.44. The molecule has 3 rings (SSSR count). The highest BCUT2D eigenvalue weighted by atomic mass is 79.9. The van der Waals surface area contributed by atoms with E-state index in [4.69, 9.17) is 4.74 Å². The fraction of sp³-hybridized carbons (Fsp3) is 0.316. The number of benzene rings is 2. The molecule has 0 aromatic heterocycles. The lowest BCUT2D eigenvalue weighted by atomic mass is 9.95. The molecule has 1 aliphatic rings. The van der Waals surface area contributed by atoms with Gasteiger partial charge in [0.1, 0.15) is 5.75 Å². The van der Waals surface area contributed by atoms with Gasteiger partial charge in [-0.1, -0.05) is 46.3 Å². The summed E-state index contributed by atoms with van der Waals surface area (Å²) in [4.78, 5) is 12.7. The van der Waals surface area contributed by atoms with Crippen molar-refractivity contribution >= 4 is 21.8 Å². The first-order valence-corrected chi connectivity index (χ1v) is 8.70. The number of hydrogen-bond donors (Lipinski definition) is 1. The normalized spacial score (nSPS) is 15.0. The predicted molar refractivity (Wildman–Crippen MR) is 94.5 cm³/mol. The summed E-state index contributed by atoms with van der Waals surface area (Å²) < 4.78 is 6.64. The molecule has 120 valence electrons. The molecule has 0 radical (unpaired) electrons. The van der Waals surface area contributed by atoms with Crippen LogP contribution < -0.4 is 10.1 Å². The van der Waals surface area contributed by atoms with E-state index in [2.05, 4.69) is 21.2 Å². The molecule has 23 heavy (non-hydrogen) atoms. The molecule has 1 aliphatic carbocycles. The lowest BCUT2D eigenvalue weighted by Gasteiger charge is -2.17. The summed E-state index contributed by atoms with van der Waals surface area (Å²) in [6.45, 7) is 3.07. The predicted octanol–water partition coefficient (Wildman–Crippen LogP) is 4.20. The van der Waals surface area contributed by atoms with E-state index in [-0.39, 0.29) is 11.3 Å². The Hall–Kier alpha value is -1.81. The van der Waals surface area contributed by atoms with E-state index in [1.54, 1.807) is 0 Å². The van der Waals surface area contributed by atoms with Crippen molar-refractivity contribution in [1.82, 2.24) is 5.32 Å². The van der Waals surface area contributed by atoms with Crippen molar-refractivity contribution < 1.29 is 9.53 Å². The van der Waals surface area contributed by atoms with Gasteiger partial charge >= 0.3 is 0 Å². The van der Waals surface area contributed by atoms with Crippen LogP contribution in [0.4, 0.5) is 0 Å². The van der Waals surface area contributed by atoms with Crippen LogP contribution in [0.1, 0.15) is 30.9 Å². The van der Waals surface area contributed by atoms with Gasteiger partial charge in [-0.3, -0.25) is 4.79 Å². The molecule has 0 atom stereocenters. The van der Waals surface area contributed by atoms with Crippen LogP contribution in [-0.2, 0) is 16.8 Å². The van der Waals surface area contributed by atoms with Crippen molar-refractivity contribution in [3.63, 3.8) is 0 Å². The summed E-state index contributed by atoms with van der Waals surface area (Å²) in [6, 6.07) is 15.9. The van der Waals surface area contributed by atoms with E-state index in [0.29, 0.717) is 13.2 Å². The summed E-state index contributed by atoms with van der Waals surface area (Å²) in [5.74, 6) is 0.940. The average molecular weight is 374 g/mol. The Balaban J connectivity index is 1.69. The van der Waals surface area contributed by atoms with E-state index in [0.717, 1.165) is 34.2 Å². The first-order valence-electron chi connectivity index (χ1n) is 7.91. The maximum atomic E-state index is 12.7. The maximum absolute atomic E-state index is 12.7. The molecule has 0 heterocycles. The monoisotopic (exact) mass is 373 g/mol. The van der Waals surface area contributed by atoms with Crippen LogP contribution in [0.15, 0.2) is 53.0 Å². The number of nitrogens with one attached hydrogen (secondary N) is 1. The van der Waals surface area contributed by atoms with E-state index in [1.807, 2.05) is 55.5 Å². The van der Waals surface area contributed by atoms with E-state index >= 15 is 0 Å². The van der Waals surface area contributed by atoms with Crippen molar-refractivity contribution in [2.45, 2.75) is 31.7 Å². The Labute approximate surface area is 145 Å². The topological polar surface area (TPSA) is 38.3 Å². The zero-order valence-electron chi connectivity index (χ0n) is 13.1. The van der Waals surface area contributed by atoms with Crippen LogP contribution in [0.5, 0.6) is 5.75 Å². The second-order valence-corrected chi connectivity index (χ2v) is 6.73. The number of halogens is 1. The molecular weight excluding hydrogens is 354 g/mol. The van der Waals surface area contributed by atoms with Gasteiger partial charge < -0.3 is 10.1 Å². The molecule has 0 spiro atoms. The van der Waals surface area contributed by atoms with E-state index in [9.17, 15) is 4.79 Å². The minimum Gasteiger partial charge on any atom is -0.494 e. The van der Waals surface area contributed by atoms with Gasteiger partial charge in [0.05, 0.1) is 12.0 Å². The van der Waals surface area contributed by atoms with Gasteiger partial charge in [-0.15, -0.1) is 0 Å². The molecule has 1 N–H and O–H groups in total. The molecule has 0 aliphatic heterocycles. The minimum atomic E-state index is -0.346. The largest absolute Gasteiger partial charge is 0.494 e. The molecule has 1 amide bonds. The number of amides is 1. The molecule has 2 aromatic rings. The van der Waals surface area contributed by atoms with Crippen LogP contribution in [0.3, 0.4) is 0 Å². The second-order valence-electron chi connectivity index (χ2n) is 5.81. The van der Waals surface area contributed by atoms with Crippen molar-refractivity contribution in [2.75, 3.05) is 6.61 Å². The Morgan fingerprint density at radius 1 is 1.17 bits per heavy atom. The number of para-hydroxylation sites is 1. The average Bonchev–Trinajstić information content (AvgIpc) is 3.36. The highest BCUT2D eigenvalue weighted by Gasteiger charge is 2.51. The molecular formula is C19H20BrNO2. The van der Waals surface area contributed by atoms with E-state index in [1.165, 1.54) is 0 Å². The molecule has 0 bridgehead atoms. The fourth-order valence-corrected chi connectivity index (χ4v) is 3.10. The van der Waals surface area contributed by atoms with Gasteiger partial charge in [-0.05, 0) is 43.5 Å². The quantitative estimate of drug-likeness (QED) is 0.823. The Morgan fingerprint density at radius 3 is 2.52 bits per heavy atom. The fourth-order valence-electron chi connectivity index (χ4n) is 2.83. The summed E-state index contributed by atoms with van der Waals surface area (Å²) in [7, 11) is 0. The summed E-state index contributed by atoms with van der Waals surface area (Å²) in [5.41, 5.74) is 1.76. The molecule has 1 fully saturated rings. The van der Waals surface area contributed by atoms with Crippen LogP contribution in [0.25, 0.3) is 0 Å². The van der Waals surface area contributed by atoms with Crippen molar-refractivity contribution in [3.05, 3.63) is 64.1 Å². The summed E-state index contributed by atoms with van der Waals surface area (Å²) in [6.07, 6.45) is 1.82. The lowest BCUT2D eigenvalue weighted by Crippen LogP contribution is -2.34. The molecule has 2 aromatic carbocycles. The maximum Gasteiger partial charge on any atom is 0.230 e. The highest BCUT2D eigenvalue weighted by Crippen LogP contribution is 2.48. The van der Waals surface area contributed by atoms with Crippen molar-refractivity contribution in [2.24, 2.45) is 0 Å². The molecule has 4 heteroatoms. The van der Waals surface area contributed by atoms with Gasteiger partial charge in [0.15, 0.2) is 0 Å². The zero-order chi connectivity index (χ0) is 16.3. The van der Waals surface area contributed by atoms with Crippen LogP contribution in [0, 0.1) is 0 Å². The first-order chi connectivity index (χ1) is 11.2. The molecule has 0 unspecified atom stereocenters. The highest BCUT2D eigenvalue weighted by molar-refractivity contribution is 9.10. The Bertz CT molecular complexity index is 693. The standard InChI is InChI=1S/C19H20BrNO2/c1-2-23-17-6-4-3-5-14(17)13-21-18(22)19(11-12-19)15-7-9-16(20)10-8-15/h3-10H,2,11-13H2,1H3,(H,21,22). The van der Waals surface area contributed by atoms with Crippen molar-refractivity contribution in [1.29, 1.82) is 0 Å². The third-order valence-corrected chi connectivity index (χ3v) is 4.82. The Kier molecular flexibility index (Phi) is 4.71. The molecule has 1 saturated carbocycles. The van der Waals surface area contributed by atoms with E-state index < -0.39 is 0 Å². The number of ether oxygens (including phenoxy) is 1. The zero-order valence-corrected chi connectivity index (χ0v) is 14.7. The van der Waals surface area contributed by atoms with Gasteiger partial charge in [-0.25, -0.2) is 0 Å². The SMILES string of the molecule is CCOc1ccccc1CNC(=O)C1(c2ccc(Br)cc2)CC1. The second kappa shape index (κ2) is 6.75. The third kappa shape index (κ3) is 3.42. The first kappa shape index (κ1) is 16.1. The Morgan fingerprint density at radius 2 is 1.87 bits per heavy atom. The van der Waals surface area contributed by atoms with Gasteiger partial charge in [0.25, 0.3) is 0 Å². The molecule has 0 saturated heterocycles. The number of hydrogen-bond acceptors (Lipinski definition) is 2. The smallest absolute Gasteiger partial charge is 0.230 e. The third-order valence-electron chi connectivity index (χ3n) is 4.29. The molecule has 3 nitrogen and oxygen atoms in total. The number of carbonyl (C=O) groups is 1. The number of rotatable bonds is 6. The van der Waals surface area contributed by atoms with Gasteiger partial charge in [-0.2, -0.15) is 0 Å².